The van der Waals surface area contributed by atoms with Gasteiger partial charge in [0.2, 0.25) is 5.82 Å². The van der Waals surface area contributed by atoms with Gasteiger partial charge in [-0.05, 0) is 99.6 Å². The summed E-state index contributed by atoms with van der Waals surface area (Å²) in [6, 6.07) is 11.0. The molecule has 1 aliphatic carbocycles. The van der Waals surface area contributed by atoms with Crippen molar-refractivity contribution in [1.82, 2.24) is 14.6 Å². The van der Waals surface area contributed by atoms with Gasteiger partial charge in [-0.1, -0.05) is 6.92 Å². The number of carbonyl (C=O) groups is 1. The molecule has 1 amide bonds. The highest BCUT2D eigenvalue weighted by molar-refractivity contribution is 7.90. The van der Waals surface area contributed by atoms with Crippen molar-refractivity contribution < 1.29 is 36.2 Å². The quantitative estimate of drug-likeness (QED) is 0.261. The van der Waals surface area contributed by atoms with E-state index in [0.29, 0.717) is 42.7 Å². The number of halogens is 2. The molecule has 230 valence electrons. The molecule has 5 rings (SSSR count). The van der Waals surface area contributed by atoms with Crippen LogP contribution >= 0.6 is 0 Å². The van der Waals surface area contributed by atoms with Crippen LogP contribution in [0.2, 0.25) is 0 Å². The molecular formula is C31H35F2N3O6S. The minimum absolute atomic E-state index is 0.226. The SMILES string of the molecule is CC[C@@H](Oc1ccc(C(=O)NS(=O)(=O)c2ccc(OCCN3CCCC3)cc2)c(F)c1F)c1ccc(OCC2CC2)cn1. The van der Waals surface area contributed by atoms with Crippen molar-refractivity contribution in [1.29, 1.82) is 0 Å². The van der Waals surface area contributed by atoms with E-state index >= 15 is 0 Å². The molecule has 2 heterocycles. The van der Waals surface area contributed by atoms with Crippen LogP contribution in [0.25, 0.3) is 0 Å². The lowest BCUT2D eigenvalue weighted by molar-refractivity contribution is 0.0976. The zero-order chi connectivity index (χ0) is 30.4. The lowest BCUT2D eigenvalue weighted by atomic mass is 10.1. The Labute approximate surface area is 250 Å². The molecule has 9 nitrogen and oxygen atoms in total. The van der Waals surface area contributed by atoms with E-state index in [1.165, 1.54) is 49.9 Å². The zero-order valence-electron chi connectivity index (χ0n) is 23.9. The third-order valence-corrected chi connectivity index (χ3v) is 8.79. The lowest BCUT2D eigenvalue weighted by Gasteiger charge is -2.18. The third kappa shape index (κ3) is 7.99. The van der Waals surface area contributed by atoms with E-state index in [9.17, 15) is 22.0 Å². The first kappa shape index (κ1) is 30.7. The normalized spacial score (nSPS) is 16.1. The third-order valence-electron chi connectivity index (χ3n) is 7.44. The minimum atomic E-state index is -4.37. The summed E-state index contributed by atoms with van der Waals surface area (Å²) in [7, 11) is -4.37. The molecule has 3 aromatic rings. The summed E-state index contributed by atoms with van der Waals surface area (Å²) in [4.78, 5) is 19.1. The van der Waals surface area contributed by atoms with Crippen LogP contribution in [0, 0.1) is 17.6 Å². The molecule has 2 fully saturated rings. The number of hydrogen-bond donors (Lipinski definition) is 1. The van der Waals surface area contributed by atoms with E-state index in [-0.39, 0.29) is 4.90 Å². The van der Waals surface area contributed by atoms with Crippen LogP contribution in [0.3, 0.4) is 0 Å². The second-order valence-electron chi connectivity index (χ2n) is 10.7. The Kier molecular flexibility index (Phi) is 9.76. The number of pyridine rings is 1. The van der Waals surface area contributed by atoms with Crippen molar-refractivity contribution >= 4 is 15.9 Å². The number of nitrogens with zero attached hydrogens (tertiary/aromatic N) is 2. The molecule has 1 N–H and O–H groups in total. The Morgan fingerprint density at radius 3 is 2.37 bits per heavy atom. The van der Waals surface area contributed by atoms with Gasteiger partial charge in [0.05, 0.1) is 29.0 Å². The minimum Gasteiger partial charge on any atom is -0.492 e. The molecule has 0 spiro atoms. The number of ether oxygens (including phenoxy) is 3. The Morgan fingerprint density at radius 1 is 1.00 bits per heavy atom. The van der Waals surface area contributed by atoms with Gasteiger partial charge in [-0.2, -0.15) is 4.39 Å². The fraction of sp³-hybridized carbons (Fsp3) is 0.419. The molecule has 2 aromatic carbocycles. The standard InChI is InChI=1S/C31H35F2N3O6S/c1-2-27(26-13-9-23(19-34-26)41-20-21-5-6-21)42-28-14-12-25(29(32)30(28)33)31(37)35-43(38,39)24-10-7-22(8-11-24)40-18-17-36-15-3-4-16-36/h7-14,19,21,27H,2-6,15-18,20H2,1H3,(H,35,37)/t27-/m1/s1. The highest BCUT2D eigenvalue weighted by atomic mass is 32.2. The van der Waals surface area contributed by atoms with E-state index in [0.717, 1.165) is 31.8 Å². The number of sulfonamides is 1. The van der Waals surface area contributed by atoms with Crippen LogP contribution in [-0.2, 0) is 10.0 Å². The van der Waals surface area contributed by atoms with Gasteiger partial charge in [0, 0.05) is 6.54 Å². The van der Waals surface area contributed by atoms with Crippen molar-refractivity contribution in [3.05, 3.63) is 77.6 Å². The highest BCUT2D eigenvalue weighted by Crippen LogP contribution is 2.31. The van der Waals surface area contributed by atoms with E-state index in [1.54, 1.807) is 30.0 Å². The van der Waals surface area contributed by atoms with E-state index in [2.05, 4.69) is 9.88 Å². The highest BCUT2D eigenvalue weighted by Gasteiger charge is 2.26. The maximum absolute atomic E-state index is 15.0. The van der Waals surface area contributed by atoms with E-state index < -0.39 is 45.0 Å². The second-order valence-corrected chi connectivity index (χ2v) is 12.4. The number of rotatable bonds is 14. The zero-order valence-corrected chi connectivity index (χ0v) is 24.7. The van der Waals surface area contributed by atoms with Crippen molar-refractivity contribution in [2.24, 2.45) is 5.92 Å². The molecular weight excluding hydrogens is 580 g/mol. The number of hydrogen-bond acceptors (Lipinski definition) is 8. The van der Waals surface area contributed by atoms with Gasteiger partial charge >= 0.3 is 0 Å². The molecule has 1 saturated carbocycles. The molecule has 1 atom stereocenters. The summed E-state index contributed by atoms with van der Waals surface area (Å²) in [6.07, 6.45) is 5.95. The number of amides is 1. The van der Waals surface area contributed by atoms with Gasteiger partial charge in [0.1, 0.15) is 24.2 Å². The van der Waals surface area contributed by atoms with Gasteiger partial charge in [0.15, 0.2) is 11.6 Å². The first-order valence-corrected chi connectivity index (χ1v) is 16.0. The average molecular weight is 616 g/mol. The van der Waals surface area contributed by atoms with Gasteiger partial charge in [0.25, 0.3) is 15.9 Å². The summed E-state index contributed by atoms with van der Waals surface area (Å²) in [5.74, 6) is -3.00. The number of nitrogens with one attached hydrogen (secondary N) is 1. The van der Waals surface area contributed by atoms with Crippen LogP contribution in [0.15, 0.2) is 59.6 Å². The van der Waals surface area contributed by atoms with Crippen molar-refractivity contribution in [3.63, 3.8) is 0 Å². The molecule has 0 radical (unpaired) electrons. The van der Waals surface area contributed by atoms with Crippen molar-refractivity contribution in [2.45, 2.75) is 50.0 Å². The first-order valence-electron chi connectivity index (χ1n) is 14.5. The number of benzene rings is 2. The molecule has 1 aliphatic heterocycles. The van der Waals surface area contributed by atoms with Crippen LogP contribution in [0.5, 0.6) is 17.2 Å². The maximum atomic E-state index is 15.0. The Hall–Kier alpha value is -3.77. The Balaban J connectivity index is 1.19. The summed E-state index contributed by atoms with van der Waals surface area (Å²) in [6.45, 7) is 5.77. The van der Waals surface area contributed by atoms with Crippen LogP contribution in [-0.4, -0.2) is 57.1 Å². The van der Waals surface area contributed by atoms with Gasteiger partial charge in [-0.15, -0.1) is 0 Å². The number of likely N-dealkylation sites (tertiary alicyclic amines) is 1. The predicted molar refractivity (Wildman–Crippen MR) is 155 cm³/mol. The molecule has 12 heteroatoms. The molecule has 0 unspecified atom stereocenters. The van der Waals surface area contributed by atoms with Crippen molar-refractivity contribution in [3.8, 4) is 17.2 Å². The summed E-state index contributed by atoms with van der Waals surface area (Å²) >= 11 is 0. The van der Waals surface area contributed by atoms with Crippen LogP contribution < -0.4 is 18.9 Å². The molecule has 1 aromatic heterocycles. The monoisotopic (exact) mass is 615 g/mol. The van der Waals surface area contributed by atoms with E-state index in [4.69, 9.17) is 14.2 Å². The van der Waals surface area contributed by atoms with Crippen LogP contribution in [0.4, 0.5) is 8.78 Å². The maximum Gasteiger partial charge on any atom is 0.268 e. The Morgan fingerprint density at radius 2 is 1.72 bits per heavy atom. The topological polar surface area (TPSA) is 107 Å². The molecule has 0 bridgehead atoms. The van der Waals surface area contributed by atoms with Gasteiger partial charge in [-0.25, -0.2) is 17.5 Å². The fourth-order valence-electron chi connectivity index (χ4n) is 4.72. The molecule has 2 aliphatic rings. The van der Waals surface area contributed by atoms with Crippen LogP contribution in [0.1, 0.15) is 61.2 Å². The summed E-state index contributed by atoms with van der Waals surface area (Å²) in [5, 5.41) is 0. The molecule has 1 saturated heterocycles. The van der Waals surface area contributed by atoms with E-state index in [1.807, 2.05) is 0 Å². The second kappa shape index (κ2) is 13.7. The van der Waals surface area contributed by atoms with Gasteiger partial charge in [-0.3, -0.25) is 14.7 Å². The predicted octanol–water partition coefficient (Wildman–Crippen LogP) is 5.27. The number of aromatic nitrogens is 1. The Bertz CT molecular complexity index is 1510. The van der Waals surface area contributed by atoms with Gasteiger partial charge < -0.3 is 14.2 Å². The molecule has 43 heavy (non-hydrogen) atoms. The first-order chi connectivity index (χ1) is 20.7. The smallest absolute Gasteiger partial charge is 0.268 e. The summed E-state index contributed by atoms with van der Waals surface area (Å²) in [5.41, 5.74) is -0.282. The largest absolute Gasteiger partial charge is 0.492 e. The lowest BCUT2D eigenvalue weighted by Crippen LogP contribution is -2.31. The van der Waals surface area contributed by atoms with Crippen molar-refractivity contribution in [2.75, 3.05) is 32.8 Å². The summed E-state index contributed by atoms with van der Waals surface area (Å²) < 4.78 is 74.4. The fourth-order valence-corrected chi connectivity index (χ4v) is 5.69. The number of carbonyl (C=O) groups excluding carboxylic acids is 1. The average Bonchev–Trinajstić information content (AvgIpc) is 3.69.